The van der Waals surface area contributed by atoms with Crippen LogP contribution in [0.4, 0.5) is 5.69 Å². The monoisotopic (exact) mass is 301 g/mol. The number of thiophene rings is 1. The van der Waals surface area contributed by atoms with Crippen molar-refractivity contribution in [2.45, 2.75) is 33.1 Å². The summed E-state index contributed by atoms with van der Waals surface area (Å²) >= 11 is 1.66. The molecular weight excluding hydrogens is 278 g/mol. The van der Waals surface area contributed by atoms with E-state index < -0.39 is 0 Å². The predicted molar refractivity (Wildman–Crippen MR) is 93.6 cm³/mol. The maximum absolute atomic E-state index is 6.03. The average Bonchev–Trinajstić information content (AvgIpc) is 2.91. The van der Waals surface area contributed by atoms with E-state index in [2.05, 4.69) is 31.8 Å². The van der Waals surface area contributed by atoms with Crippen molar-refractivity contribution in [2.24, 2.45) is 0 Å². The zero-order valence-electron chi connectivity index (χ0n) is 12.8. The average molecular weight is 301 g/mol. The molecule has 0 saturated carbocycles. The molecule has 1 heterocycles. The van der Waals surface area contributed by atoms with Crippen LogP contribution in [0.1, 0.15) is 38.0 Å². The molecule has 1 aromatic carbocycles. The van der Waals surface area contributed by atoms with Gasteiger partial charge < -0.3 is 10.1 Å². The Balaban J connectivity index is 2.19. The molecule has 112 valence electrons. The summed E-state index contributed by atoms with van der Waals surface area (Å²) in [5, 5.41) is 4.40. The van der Waals surface area contributed by atoms with Crippen molar-refractivity contribution in [3.63, 3.8) is 0 Å². The van der Waals surface area contributed by atoms with Gasteiger partial charge in [-0.15, -0.1) is 0 Å². The summed E-state index contributed by atoms with van der Waals surface area (Å²) in [6, 6.07) is 12.1. The number of hydrogen-bond donors (Lipinski definition) is 1. The van der Waals surface area contributed by atoms with Crippen molar-refractivity contribution in [3.05, 3.63) is 47.9 Å². The number of unbranched alkanes of at least 4 members (excludes halogenated alkanes) is 1. The fraction of sp³-hybridized carbons (Fsp3) is 0.333. The topological polar surface area (TPSA) is 21.3 Å². The lowest BCUT2D eigenvalue weighted by molar-refractivity contribution is 0.498. The molecule has 0 spiro atoms. The van der Waals surface area contributed by atoms with Gasteiger partial charge >= 0.3 is 0 Å². The molecule has 0 aliphatic rings. The van der Waals surface area contributed by atoms with Crippen LogP contribution in [0.2, 0.25) is 0 Å². The number of nitrogens with one attached hydrogen (secondary N) is 1. The highest BCUT2D eigenvalue weighted by Crippen LogP contribution is 2.41. The van der Waals surface area contributed by atoms with Gasteiger partial charge in [0.1, 0.15) is 5.75 Å². The first kappa shape index (κ1) is 15.6. The molecule has 0 aliphatic heterocycles. The van der Waals surface area contributed by atoms with E-state index >= 15 is 0 Å². The van der Waals surface area contributed by atoms with Crippen molar-refractivity contribution >= 4 is 22.6 Å². The first-order valence-electron chi connectivity index (χ1n) is 7.53. The molecule has 0 aliphatic carbocycles. The zero-order valence-corrected chi connectivity index (χ0v) is 13.6. The first-order valence-corrected chi connectivity index (χ1v) is 8.35. The second kappa shape index (κ2) is 7.89. The number of allylic oxidation sites excluding steroid dienone is 1. The molecule has 1 N–H and O–H groups in total. The standard InChI is InChI=1S/C18H23NOS/c1-4-6-12-19-16-13-17(14(3)5-2)21-18(16)20-15-10-8-7-9-11-15/h7-11,13,19H,3-6,12H2,1-2H3. The highest BCUT2D eigenvalue weighted by Gasteiger charge is 2.12. The van der Waals surface area contributed by atoms with E-state index in [0.717, 1.165) is 41.5 Å². The van der Waals surface area contributed by atoms with Gasteiger partial charge in [-0.3, -0.25) is 0 Å². The van der Waals surface area contributed by atoms with Crippen LogP contribution >= 0.6 is 11.3 Å². The lowest BCUT2D eigenvalue weighted by Crippen LogP contribution is -2.00. The van der Waals surface area contributed by atoms with Gasteiger partial charge in [-0.2, -0.15) is 0 Å². The summed E-state index contributed by atoms with van der Waals surface area (Å²) in [5.74, 6) is 0.867. The Hall–Kier alpha value is -1.74. The van der Waals surface area contributed by atoms with Gasteiger partial charge in [0.25, 0.3) is 0 Å². The SMILES string of the molecule is C=C(CC)c1cc(NCCCC)c(Oc2ccccc2)s1. The Morgan fingerprint density at radius 1 is 1.24 bits per heavy atom. The number of para-hydroxylation sites is 1. The molecule has 0 unspecified atom stereocenters. The molecule has 0 amide bonds. The molecule has 2 nitrogen and oxygen atoms in total. The molecule has 3 heteroatoms. The quantitative estimate of drug-likeness (QED) is 0.588. The predicted octanol–water partition coefficient (Wildman–Crippen LogP) is 6.18. The molecule has 0 fully saturated rings. The van der Waals surface area contributed by atoms with Crippen LogP contribution in [-0.4, -0.2) is 6.54 Å². The summed E-state index contributed by atoms with van der Waals surface area (Å²) < 4.78 is 6.03. The minimum absolute atomic E-state index is 0.867. The fourth-order valence-corrected chi connectivity index (χ4v) is 2.96. The molecule has 2 aromatic rings. The van der Waals surface area contributed by atoms with Crippen molar-refractivity contribution in [2.75, 3.05) is 11.9 Å². The molecule has 21 heavy (non-hydrogen) atoms. The Bertz CT molecular complexity index is 574. The maximum Gasteiger partial charge on any atom is 0.204 e. The van der Waals surface area contributed by atoms with Gasteiger partial charge in [-0.25, -0.2) is 0 Å². The van der Waals surface area contributed by atoms with Gasteiger partial charge in [-0.05, 0) is 36.6 Å². The molecule has 0 atom stereocenters. The number of anilines is 1. The second-order valence-corrected chi connectivity index (χ2v) is 5.98. The summed E-state index contributed by atoms with van der Waals surface area (Å²) in [7, 11) is 0. The van der Waals surface area contributed by atoms with Crippen LogP contribution in [-0.2, 0) is 0 Å². The van der Waals surface area contributed by atoms with Crippen molar-refractivity contribution in [1.82, 2.24) is 0 Å². The van der Waals surface area contributed by atoms with Crippen LogP contribution in [0.25, 0.3) is 5.57 Å². The molecule has 0 saturated heterocycles. The van der Waals surface area contributed by atoms with Crippen LogP contribution in [0, 0.1) is 0 Å². The first-order chi connectivity index (χ1) is 10.2. The minimum atomic E-state index is 0.867. The Morgan fingerprint density at radius 3 is 2.67 bits per heavy atom. The number of rotatable bonds is 8. The van der Waals surface area contributed by atoms with E-state index in [9.17, 15) is 0 Å². The van der Waals surface area contributed by atoms with E-state index in [1.165, 1.54) is 11.3 Å². The fourth-order valence-electron chi connectivity index (χ4n) is 1.92. The van der Waals surface area contributed by atoms with Gasteiger partial charge in [0.15, 0.2) is 0 Å². The summed E-state index contributed by atoms with van der Waals surface area (Å²) in [5.41, 5.74) is 2.23. The van der Waals surface area contributed by atoms with E-state index in [1.807, 2.05) is 30.3 Å². The Kier molecular flexibility index (Phi) is 5.88. The minimum Gasteiger partial charge on any atom is -0.444 e. The largest absolute Gasteiger partial charge is 0.444 e. The normalized spacial score (nSPS) is 10.4. The molecule has 0 radical (unpaired) electrons. The Labute approximate surface area is 131 Å². The summed E-state index contributed by atoms with van der Waals surface area (Å²) in [4.78, 5) is 1.20. The van der Waals surface area contributed by atoms with Gasteiger partial charge in [0.2, 0.25) is 5.06 Å². The van der Waals surface area contributed by atoms with Gasteiger partial charge in [-0.1, -0.05) is 56.4 Å². The maximum atomic E-state index is 6.03. The third-order valence-electron chi connectivity index (χ3n) is 3.27. The smallest absolute Gasteiger partial charge is 0.204 e. The van der Waals surface area contributed by atoms with Crippen molar-refractivity contribution < 1.29 is 4.74 Å². The van der Waals surface area contributed by atoms with Gasteiger partial charge in [0, 0.05) is 11.4 Å². The highest BCUT2D eigenvalue weighted by molar-refractivity contribution is 7.15. The summed E-state index contributed by atoms with van der Waals surface area (Å²) in [6.07, 6.45) is 3.30. The van der Waals surface area contributed by atoms with Crippen LogP contribution in [0.3, 0.4) is 0 Å². The second-order valence-electron chi connectivity index (χ2n) is 4.96. The third-order valence-corrected chi connectivity index (χ3v) is 4.39. The molecule has 2 rings (SSSR count). The van der Waals surface area contributed by atoms with Crippen molar-refractivity contribution in [1.29, 1.82) is 0 Å². The lowest BCUT2D eigenvalue weighted by atomic mass is 10.2. The van der Waals surface area contributed by atoms with Gasteiger partial charge in [0.05, 0.1) is 5.69 Å². The number of ether oxygens (including phenoxy) is 1. The lowest BCUT2D eigenvalue weighted by Gasteiger charge is -2.08. The van der Waals surface area contributed by atoms with Crippen LogP contribution in [0.5, 0.6) is 10.8 Å². The molecule has 1 aromatic heterocycles. The van der Waals surface area contributed by atoms with E-state index in [1.54, 1.807) is 11.3 Å². The molecular formula is C18H23NOS. The highest BCUT2D eigenvalue weighted by atomic mass is 32.1. The number of benzene rings is 1. The van der Waals surface area contributed by atoms with E-state index in [-0.39, 0.29) is 0 Å². The van der Waals surface area contributed by atoms with E-state index in [4.69, 9.17) is 4.74 Å². The summed E-state index contributed by atoms with van der Waals surface area (Å²) in [6.45, 7) is 9.42. The number of hydrogen-bond acceptors (Lipinski definition) is 3. The van der Waals surface area contributed by atoms with Crippen LogP contribution < -0.4 is 10.1 Å². The Morgan fingerprint density at radius 2 is 2.00 bits per heavy atom. The van der Waals surface area contributed by atoms with Crippen LogP contribution in [0.15, 0.2) is 43.0 Å². The van der Waals surface area contributed by atoms with Crippen molar-refractivity contribution in [3.8, 4) is 10.8 Å². The van der Waals surface area contributed by atoms with E-state index in [0.29, 0.717) is 0 Å². The molecule has 0 bridgehead atoms. The zero-order chi connectivity index (χ0) is 15.1. The third kappa shape index (κ3) is 4.36.